The molecule has 1 N–H and O–H groups in total. The average Bonchev–Trinajstić information content (AvgIpc) is 2.86. The Balaban J connectivity index is 2.15. The van der Waals surface area contributed by atoms with Crippen molar-refractivity contribution in [2.75, 3.05) is 0 Å². The Bertz CT molecular complexity index is 826. The highest BCUT2D eigenvalue weighted by Crippen LogP contribution is 2.28. The fourth-order valence-electron chi connectivity index (χ4n) is 2.11. The highest BCUT2D eigenvalue weighted by molar-refractivity contribution is 6.37. The van der Waals surface area contributed by atoms with Crippen LogP contribution >= 0.6 is 23.2 Å². The summed E-state index contributed by atoms with van der Waals surface area (Å²) in [5.41, 5.74) is 1.40. The van der Waals surface area contributed by atoms with E-state index in [0.717, 1.165) is 11.6 Å². The Kier molecular flexibility index (Phi) is 3.24. The van der Waals surface area contributed by atoms with E-state index in [9.17, 15) is 9.18 Å². The van der Waals surface area contributed by atoms with E-state index in [1.165, 1.54) is 12.1 Å². The van der Waals surface area contributed by atoms with Crippen LogP contribution in [0.4, 0.5) is 4.39 Å². The van der Waals surface area contributed by atoms with E-state index in [0.29, 0.717) is 16.0 Å². The number of carbonyl (C=O) groups is 1. The van der Waals surface area contributed by atoms with Crippen LogP contribution in [0.25, 0.3) is 10.9 Å². The molecule has 0 spiro atoms. The fraction of sp³-hybridized carbons (Fsp3) is 0. The first-order chi connectivity index (χ1) is 9.58. The summed E-state index contributed by atoms with van der Waals surface area (Å²) in [5.74, 6) is -0.927. The Labute approximate surface area is 124 Å². The zero-order chi connectivity index (χ0) is 14.3. The standard InChI is InChI=1S/C15H8Cl2FNO/c16-10-5-4-8(6-12(10)18)15(20)9-7-19-13-3-1-2-11(17)14(9)13/h1-7,19H. The first-order valence-electron chi connectivity index (χ1n) is 5.83. The number of hydrogen-bond donors (Lipinski definition) is 1. The van der Waals surface area contributed by atoms with Crippen molar-refractivity contribution in [1.29, 1.82) is 0 Å². The van der Waals surface area contributed by atoms with E-state index in [2.05, 4.69) is 4.98 Å². The molecular weight excluding hydrogens is 300 g/mol. The van der Waals surface area contributed by atoms with Crippen molar-refractivity contribution in [1.82, 2.24) is 4.98 Å². The van der Waals surface area contributed by atoms with Gasteiger partial charge >= 0.3 is 0 Å². The smallest absolute Gasteiger partial charge is 0.195 e. The molecule has 1 heterocycles. The summed E-state index contributed by atoms with van der Waals surface area (Å²) in [6, 6.07) is 9.29. The minimum Gasteiger partial charge on any atom is -0.360 e. The number of hydrogen-bond acceptors (Lipinski definition) is 1. The van der Waals surface area contributed by atoms with Crippen molar-refractivity contribution in [2.24, 2.45) is 0 Å². The molecule has 0 fully saturated rings. The molecule has 0 aliphatic rings. The van der Waals surface area contributed by atoms with E-state index < -0.39 is 5.82 Å². The van der Waals surface area contributed by atoms with Gasteiger partial charge in [0.05, 0.1) is 10.0 Å². The average molecular weight is 308 g/mol. The summed E-state index contributed by atoms with van der Waals surface area (Å²) in [6.07, 6.45) is 1.57. The Morgan fingerprint density at radius 3 is 2.65 bits per heavy atom. The van der Waals surface area contributed by atoms with Crippen molar-refractivity contribution in [3.05, 3.63) is 69.6 Å². The number of nitrogens with one attached hydrogen (secondary N) is 1. The second kappa shape index (κ2) is 4.93. The lowest BCUT2D eigenvalue weighted by atomic mass is 10.0. The largest absolute Gasteiger partial charge is 0.360 e. The summed E-state index contributed by atoms with van der Waals surface area (Å²) in [7, 11) is 0. The lowest BCUT2D eigenvalue weighted by Crippen LogP contribution is -2.01. The number of carbonyl (C=O) groups excluding carboxylic acids is 1. The lowest BCUT2D eigenvalue weighted by Gasteiger charge is -2.02. The monoisotopic (exact) mass is 307 g/mol. The van der Waals surface area contributed by atoms with Crippen molar-refractivity contribution >= 4 is 39.9 Å². The quantitative estimate of drug-likeness (QED) is 0.675. The molecule has 0 bridgehead atoms. The molecular formula is C15H8Cl2FNO. The molecule has 0 saturated heterocycles. The van der Waals surface area contributed by atoms with Crippen LogP contribution in [0.5, 0.6) is 0 Å². The number of aromatic amines is 1. The zero-order valence-electron chi connectivity index (χ0n) is 10.1. The molecule has 0 radical (unpaired) electrons. The van der Waals surface area contributed by atoms with Crippen LogP contribution in [-0.2, 0) is 0 Å². The SMILES string of the molecule is O=C(c1ccc(Cl)c(F)c1)c1c[nH]c2cccc(Cl)c12. The van der Waals surface area contributed by atoms with Gasteiger partial charge < -0.3 is 4.98 Å². The highest BCUT2D eigenvalue weighted by Gasteiger charge is 2.17. The number of halogens is 3. The van der Waals surface area contributed by atoms with Gasteiger partial charge in [-0.2, -0.15) is 0 Å². The third kappa shape index (κ3) is 2.09. The summed E-state index contributed by atoms with van der Waals surface area (Å²) < 4.78 is 13.5. The van der Waals surface area contributed by atoms with Gasteiger partial charge in [-0.3, -0.25) is 4.79 Å². The number of ketones is 1. The first-order valence-corrected chi connectivity index (χ1v) is 6.59. The van der Waals surface area contributed by atoms with Crippen LogP contribution < -0.4 is 0 Å². The third-order valence-corrected chi connectivity index (χ3v) is 3.70. The van der Waals surface area contributed by atoms with Gasteiger partial charge in [-0.25, -0.2) is 4.39 Å². The first kappa shape index (κ1) is 13.2. The van der Waals surface area contributed by atoms with Crippen LogP contribution in [0.2, 0.25) is 10.0 Å². The molecule has 0 aliphatic carbocycles. The molecule has 0 atom stereocenters. The zero-order valence-corrected chi connectivity index (χ0v) is 11.6. The summed E-state index contributed by atoms with van der Waals surface area (Å²) in [5, 5.41) is 1.09. The molecule has 3 aromatic rings. The predicted molar refractivity (Wildman–Crippen MR) is 78.2 cm³/mol. The van der Waals surface area contributed by atoms with Crippen LogP contribution in [0, 0.1) is 5.82 Å². The van der Waals surface area contributed by atoms with Gasteiger partial charge in [-0.1, -0.05) is 29.3 Å². The van der Waals surface area contributed by atoms with E-state index >= 15 is 0 Å². The second-order valence-corrected chi connectivity index (χ2v) is 5.14. The second-order valence-electron chi connectivity index (χ2n) is 4.32. The van der Waals surface area contributed by atoms with Crippen LogP contribution in [0.15, 0.2) is 42.6 Å². The molecule has 100 valence electrons. The topological polar surface area (TPSA) is 32.9 Å². The van der Waals surface area contributed by atoms with Crippen LogP contribution in [0.3, 0.4) is 0 Å². The van der Waals surface area contributed by atoms with Crippen molar-refractivity contribution in [2.45, 2.75) is 0 Å². The van der Waals surface area contributed by atoms with Crippen molar-refractivity contribution < 1.29 is 9.18 Å². The fourth-order valence-corrected chi connectivity index (χ4v) is 2.51. The molecule has 0 saturated carbocycles. The van der Waals surface area contributed by atoms with Gasteiger partial charge in [0.15, 0.2) is 5.78 Å². The normalized spacial score (nSPS) is 10.9. The van der Waals surface area contributed by atoms with E-state index in [1.807, 2.05) is 6.07 Å². The molecule has 0 unspecified atom stereocenters. The Hall–Kier alpha value is -1.84. The van der Waals surface area contributed by atoms with E-state index in [4.69, 9.17) is 23.2 Å². The molecule has 3 rings (SSSR count). The number of H-pyrrole nitrogens is 1. The van der Waals surface area contributed by atoms with Gasteiger partial charge in [0.25, 0.3) is 0 Å². The van der Waals surface area contributed by atoms with Crippen molar-refractivity contribution in [3.8, 4) is 0 Å². The molecule has 2 aromatic carbocycles. The van der Waals surface area contributed by atoms with E-state index in [1.54, 1.807) is 18.3 Å². The van der Waals surface area contributed by atoms with Gasteiger partial charge in [0.1, 0.15) is 5.82 Å². The maximum atomic E-state index is 13.5. The molecule has 20 heavy (non-hydrogen) atoms. The molecule has 1 aromatic heterocycles. The Morgan fingerprint density at radius 1 is 1.10 bits per heavy atom. The number of rotatable bonds is 2. The van der Waals surface area contributed by atoms with Gasteiger partial charge in [-0.15, -0.1) is 0 Å². The minimum absolute atomic E-state index is 0.0153. The number of aromatic nitrogens is 1. The summed E-state index contributed by atoms with van der Waals surface area (Å²) in [4.78, 5) is 15.4. The van der Waals surface area contributed by atoms with Crippen LogP contribution in [0.1, 0.15) is 15.9 Å². The third-order valence-electron chi connectivity index (χ3n) is 3.08. The molecule has 2 nitrogen and oxygen atoms in total. The van der Waals surface area contributed by atoms with Crippen molar-refractivity contribution in [3.63, 3.8) is 0 Å². The minimum atomic E-state index is -0.622. The molecule has 0 amide bonds. The van der Waals surface area contributed by atoms with Crippen LogP contribution in [-0.4, -0.2) is 10.8 Å². The predicted octanol–water partition coefficient (Wildman–Crippen LogP) is 4.84. The number of fused-ring (bicyclic) bond motifs is 1. The lowest BCUT2D eigenvalue weighted by molar-refractivity contribution is 0.104. The Morgan fingerprint density at radius 2 is 1.90 bits per heavy atom. The van der Waals surface area contributed by atoms with E-state index in [-0.39, 0.29) is 16.4 Å². The molecule has 0 aliphatic heterocycles. The summed E-state index contributed by atoms with van der Waals surface area (Å²) >= 11 is 11.7. The maximum Gasteiger partial charge on any atom is 0.195 e. The molecule has 5 heteroatoms. The maximum absolute atomic E-state index is 13.5. The van der Waals surface area contributed by atoms with Gasteiger partial charge in [0, 0.05) is 28.2 Å². The number of benzene rings is 2. The van der Waals surface area contributed by atoms with Gasteiger partial charge in [-0.05, 0) is 30.3 Å². The summed E-state index contributed by atoms with van der Waals surface area (Å²) in [6.45, 7) is 0. The highest BCUT2D eigenvalue weighted by atomic mass is 35.5. The van der Waals surface area contributed by atoms with Gasteiger partial charge in [0.2, 0.25) is 0 Å².